The van der Waals surface area contributed by atoms with Crippen molar-refractivity contribution in [3.8, 4) is 0 Å². The molecule has 0 radical (unpaired) electrons. The van der Waals surface area contributed by atoms with E-state index >= 15 is 0 Å². The third kappa shape index (κ3) is 4.39. The number of hydrogen-bond donors (Lipinski definition) is 1. The first-order valence-corrected chi connectivity index (χ1v) is 9.17. The molecule has 8 heteroatoms. The molecule has 0 aromatic carbocycles. The van der Waals surface area contributed by atoms with Gasteiger partial charge in [-0.15, -0.1) is 11.3 Å². The predicted molar refractivity (Wildman–Crippen MR) is 93.8 cm³/mol. The van der Waals surface area contributed by atoms with Crippen molar-refractivity contribution in [3.05, 3.63) is 39.9 Å². The van der Waals surface area contributed by atoms with Crippen LogP contribution in [-0.2, 0) is 22.6 Å². The molecule has 2 amide bonds. The van der Waals surface area contributed by atoms with E-state index in [1.165, 1.54) is 6.92 Å². The summed E-state index contributed by atoms with van der Waals surface area (Å²) >= 11 is 1.55. The number of likely N-dealkylation sites (tertiary alicyclic amines) is 1. The van der Waals surface area contributed by atoms with Crippen molar-refractivity contribution < 1.29 is 9.59 Å². The Hall–Kier alpha value is -2.35. The Morgan fingerprint density at radius 3 is 2.92 bits per heavy atom. The molecule has 2 aromatic rings. The first kappa shape index (κ1) is 17.5. The van der Waals surface area contributed by atoms with E-state index < -0.39 is 0 Å². The number of rotatable bonds is 5. The molecule has 0 spiro atoms. The molecule has 25 heavy (non-hydrogen) atoms. The van der Waals surface area contributed by atoms with E-state index in [0.29, 0.717) is 25.3 Å². The molecular formula is C17H21N5O2S. The van der Waals surface area contributed by atoms with E-state index in [0.717, 1.165) is 29.2 Å². The third-order valence-electron chi connectivity index (χ3n) is 4.12. The molecule has 132 valence electrons. The smallest absolute Gasteiger partial charge is 0.229 e. The van der Waals surface area contributed by atoms with E-state index in [1.807, 2.05) is 17.2 Å². The van der Waals surface area contributed by atoms with Crippen molar-refractivity contribution in [1.29, 1.82) is 0 Å². The van der Waals surface area contributed by atoms with Crippen LogP contribution in [0.4, 0.5) is 0 Å². The Morgan fingerprint density at radius 1 is 1.36 bits per heavy atom. The van der Waals surface area contributed by atoms with Crippen molar-refractivity contribution in [2.45, 2.75) is 45.7 Å². The van der Waals surface area contributed by atoms with Crippen LogP contribution in [0.2, 0.25) is 0 Å². The first-order valence-electron chi connectivity index (χ1n) is 8.29. The van der Waals surface area contributed by atoms with Gasteiger partial charge in [-0.2, -0.15) is 0 Å². The van der Waals surface area contributed by atoms with E-state index in [1.54, 1.807) is 23.6 Å². The Labute approximate surface area is 150 Å². The lowest BCUT2D eigenvalue weighted by Crippen LogP contribution is -2.33. The molecule has 0 saturated carbocycles. The van der Waals surface area contributed by atoms with Crippen LogP contribution in [0.25, 0.3) is 0 Å². The second-order valence-electron chi connectivity index (χ2n) is 6.10. The van der Waals surface area contributed by atoms with Gasteiger partial charge in [0.05, 0.1) is 35.4 Å². The maximum Gasteiger partial charge on any atom is 0.229 e. The lowest BCUT2D eigenvalue weighted by atomic mass is 10.2. The van der Waals surface area contributed by atoms with Gasteiger partial charge in [0.15, 0.2) is 5.82 Å². The quantitative estimate of drug-likeness (QED) is 0.879. The Balaban J connectivity index is 1.71. The molecule has 3 heterocycles. The number of carbonyl (C=O) groups is 2. The number of aromatic nitrogens is 3. The Kier molecular flexibility index (Phi) is 5.37. The van der Waals surface area contributed by atoms with Crippen molar-refractivity contribution in [1.82, 2.24) is 25.2 Å². The van der Waals surface area contributed by atoms with E-state index in [4.69, 9.17) is 0 Å². The topological polar surface area (TPSA) is 88.1 Å². The van der Waals surface area contributed by atoms with Gasteiger partial charge in [-0.3, -0.25) is 9.59 Å². The van der Waals surface area contributed by atoms with Crippen LogP contribution < -0.4 is 5.32 Å². The molecule has 7 nitrogen and oxygen atoms in total. The van der Waals surface area contributed by atoms with Crippen LogP contribution in [0.1, 0.15) is 48.0 Å². The minimum atomic E-state index is -0.107. The van der Waals surface area contributed by atoms with Gasteiger partial charge in [0.25, 0.3) is 0 Å². The van der Waals surface area contributed by atoms with Gasteiger partial charge >= 0.3 is 0 Å². The summed E-state index contributed by atoms with van der Waals surface area (Å²) in [4.78, 5) is 38.9. The average Bonchev–Trinajstić information content (AvgIpc) is 3.22. The van der Waals surface area contributed by atoms with Crippen LogP contribution in [-0.4, -0.2) is 38.2 Å². The van der Waals surface area contributed by atoms with Gasteiger partial charge < -0.3 is 10.2 Å². The summed E-state index contributed by atoms with van der Waals surface area (Å²) in [5.41, 5.74) is 1.56. The summed E-state index contributed by atoms with van der Waals surface area (Å²) in [7, 11) is 0. The SMILES string of the molecule is CC(=O)NCc1ccnc([C@H]2CCCN2C(=O)Cc2csc(C)n2)n1. The molecule has 3 rings (SSSR count). The van der Waals surface area contributed by atoms with Gasteiger partial charge in [-0.05, 0) is 25.8 Å². The molecule has 0 bridgehead atoms. The molecule has 0 aliphatic carbocycles. The maximum atomic E-state index is 12.7. The third-order valence-corrected chi connectivity index (χ3v) is 4.94. The van der Waals surface area contributed by atoms with Crippen LogP contribution in [0, 0.1) is 6.92 Å². The Bertz CT molecular complexity index is 776. The minimum absolute atomic E-state index is 0.0589. The van der Waals surface area contributed by atoms with Crippen molar-refractivity contribution in [2.75, 3.05) is 6.54 Å². The summed E-state index contributed by atoms with van der Waals surface area (Å²) in [6.45, 7) is 4.49. The van der Waals surface area contributed by atoms with Crippen molar-refractivity contribution in [3.63, 3.8) is 0 Å². The van der Waals surface area contributed by atoms with Crippen LogP contribution in [0.5, 0.6) is 0 Å². The molecule has 1 aliphatic rings. The van der Waals surface area contributed by atoms with Crippen LogP contribution in [0.3, 0.4) is 0 Å². The zero-order valence-electron chi connectivity index (χ0n) is 14.4. The second-order valence-corrected chi connectivity index (χ2v) is 7.16. The van der Waals surface area contributed by atoms with Gasteiger partial charge in [0.2, 0.25) is 11.8 Å². The number of hydrogen-bond acceptors (Lipinski definition) is 6. The highest BCUT2D eigenvalue weighted by atomic mass is 32.1. The normalized spacial score (nSPS) is 16.9. The van der Waals surface area contributed by atoms with E-state index in [9.17, 15) is 9.59 Å². The summed E-state index contributed by atoms with van der Waals surface area (Å²) in [5.74, 6) is 0.600. The van der Waals surface area contributed by atoms with E-state index in [-0.39, 0.29) is 17.9 Å². The zero-order chi connectivity index (χ0) is 17.8. The predicted octanol–water partition coefficient (Wildman–Crippen LogP) is 1.78. The summed E-state index contributed by atoms with van der Waals surface area (Å²) in [6.07, 6.45) is 3.79. The molecule has 1 aliphatic heterocycles. The van der Waals surface area contributed by atoms with Gasteiger partial charge in [-0.25, -0.2) is 15.0 Å². The lowest BCUT2D eigenvalue weighted by Gasteiger charge is -2.23. The zero-order valence-corrected chi connectivity index (χ0v) is 15.2. The molecule has 1 N–H and O–H groups in total. The number of nitrogens with zero attached hydrogens (tertiary/aromatic N) is 4. The average molecular weight is 359 g/mol. The minimum Gasteiger partial charge on any atom is -0.351 e. The molecular weight excluding hydrogens is 338 g/mol. The largest absolute Gasteiger partial charge is 0.351 e. The van der Waals surface area contributed by atoms with Crippen LogP contribution >= 0.6 is 11.3 Å². The first-order chi connectivity index (χ1) is 12.0. The number of amides is 2. The van der Waals surface area contributed by atoms with E-state index in [2.05, 4.69) is 20.3 Å². The molecule has 1 saturated heterocycles. The highest BCUT2D eigenvalue weighted by Gasteiger charge is 2.32. The summed E-state index contributed by atoms with van der Waals surface area (Å²) in [5, 5.41) is 5.63. The standard InChI is InChI=1S/C17H21N5O2S/c1-11(23)19-9-13-5-6-18-17(21-13)15-4-3-7-22(15)16(24)8-14-10-25-12(2)20-14/h5-6,10,15H,3-4,7-9H2,1-2H3,(H,19,23)/t15-/m1/s1. The summed E-state index contributed by atoms with van der Waals surface area (Å²) < 4.78 is 0. The summed E-state index contributed by atoms with van der Waals surface area (Å²) in [6, 6.07) is 1.67. The monoisotopic (exact) mass is 359 g/mol. The van der Waals surface area contributed by atoms with Gasteiger partial charge in [0, 0.05) is 25.0 Å². The van der Waals surface area contributed by atoms with Crippen LogP contribution in [0.15, 0.2) is 17.6 Å². The molecule has 1 atom stereocenters. The fourth-order valence-electron chi connectivity index (χ4n) is 2.97. The fraction of sp³-hybridized carbons (Fsp3) is 0.471. The lowest BCUT2D eigenvalue weighted by molar-refractivity contribution is -0.131. The highest BCUT2D eigenvalue weighted by molar-refractivity contribution is 7.09. The number of nitrogens with one attached hydrogen (secondary N) is 1. The molecule has 2 aromatic heterocycles. The fourth-order valence-corrected chi connectivity index (χ4v) is 3.58. The molecule has 1 fully saturated rings. The van der Waals surface area contributed by atoms with Gasteiger partial charge in [0.1, 0.15) is 0 Å². The van der Waals surface area contributed by atoms with Gasteiger partial charge in [-0.1, -0.05) is 0 Å². The van der Waals surface area contributed by atoms with Crippen molar-refractivity contribution >= 4 is 23.2 Å². The molecule has 0 unspecified atom stereocenters. The number of carbonyl (C=O) groups excluding carboxylic acids is 2. The Morgan fingerprint density at radius 2 is 2.20 bits per heavy atom. The maximum absolute atomic E-state index is 12.7. The highest BCUT2D eigenvalue weighted by Crippen LogP contribution is 2.30. The second kappa shape index (κ2) is 7.69. The number of aryl methyl sites for hydroxylation is 1. The van der Waals surface area contributed by atoms with Crippen molar-refractivity contribution in [2.24, 2.45) is 0 Å². The number of thiazole rings is 1.